The zero-order valence-corrected chi connectivity index (χ0v) is 15.3. The molecule has 0 aromatic carbocycles. The lowest BCUT2D eigenvalue weighted by atomic mass is 10.2. The van der Waals surface area contributed by atoms with Crippen LogP contribution in [0.4, 0.5) is 4.79 Å². The summed E-state index contributed by atoms with van der Waals surface area (Å²) in [5.74, 6) is 0.957. The van der Waals surface area contributed by atoms with Gasteiger partial charge in [-0.3, -0.25) is 0 Å². The third-order valence-corrected chi connectivity index (χ3v) is 5.18. The molecule has 0 saturated heterocycles. The molecule has 0 aliphatic rings. The minimum absolute atomic E-state index is 0.0302. The number of thiazole rings is 1. The Morgan fingerprint density at radius 3 is 2.70 bits per heavy atom. The maximum Gasteiger partial charge on any atom is 0.317 e. The second-order valence-electron chi connectivity index (χ2n) is 5.69. The Kier molecular flexibility index (Phi) is 5.76. The Hall–Kier alpha value is -1.89. The van der Waals surface area contributed by atoms with Crippen LogP contribution >= 0.6 is 11.3 Å². The fourth-order valence-electron chi connectivity index (χ4n) is 2.24. The molecule has 1 atom stereocenters. The van der Waals surface area contributed by atoms with Gasteiger partial charge in [0, 0.05) is 37.4 Å². The zero-order chi connectivity index (χ0) is 17.0. The van der Waals surface area contributed by atoms with Crippen molar-refractivity contribution in [2.24, 2.45) is 0 Å². The van der Waals surface area contributed by atoms with Crippen molar-refractivity contribution in [2.45, 2.75) is 46.7 Å². The summed E-state index contributed by atoms with van der Waals surface area (Å²) in [7, 11) is 1.81. The van der Waals surface area contributed by atoms with Gasteiger partial charge in [0.2, 0.25) is 0 Å². The summed E-state index contributed by atoms with van der Waals surface area (Å²) in [5, 5.41) is 4.06. The lowest BCUT2D eigenvalue weighted by molar-refractivity contribution is 0.202. The number of nitrogens with zero attached hydrogens (tertiary/aromatic N) is 4. The molecule has 2 heterocycles. The lowest BCUT2D eigenvalue weighted by Gasteiger charge is -2.22. The van der Waals surface area contributed by atoms with Crippen molar-refractivity contribution in [3.63, 3.8) is 0 Å². The minimum atomic E-state index is -0.0693. The quantitative estimate of drug-likeness (QED) is 0.882. The predicted octanol–water partition coefficient (Wildman–Crippen LogP) is 3.06. The fraction of sp³-hybridized carbons (Fsp3) is 0.562. The molecule has 0 radical (unpaired) electrons. The predicted molar refractivity (Wildman–Crippen MR) is 92.7 cm³/mol. The van der Waals surface area contributed by atoms with E-state index in [-0.39, 0.29) is 12.1 Å². The van der Waals surface area contributed by atoms with E-state index >= 15 is 0 Å². The van der Waals surface area contributed by atoms with Crippen molar-refractivity contribution in [2.75, 3.05) is 13.6 Å². The Balaban J connectivity index is 1.92. The summed E-state index contributed by atoms with van der Waals surface area (Å²) in [6, 6.07) is -0.0996. The van der Waals surface area contributed by atoms with Crippen molar-refractivity contribution in [1.29, 1.82) is 0 Å². The molecule has 2 aromatic rings. The van der Waals surface area contributed by atoms with Gasteiger partial charge < -0.3 is 14.8 Å². The van der Waals surface area contributed by atoms with Crippen LogP contribution in [-0.4, -0.2) is 39.1 Å². The molecule has 126 valence electrons. The van der Waals surface area contributed by atoms with E-state index < -0.39 is 0 Å². The SMILES string of the molecule is CCC(NC(=O)N(C)CCn1ccnc1C)c1nc(C)c(C)s1. The highest BCUT2D eigenvalue weighted by Crippen LogP contribution is 2.24. The first kappa shape index (κ1) is 17.5. The van der Waals surface area contributed by atoms with Crippen LogP contribution in [0.25, 0.3) is 0 Å². The summed E-state index contributed by atoms with van der Waals surface area (Å²) >= 11 is 1.66. The van der Waals surface area contributed by atoms with Crippen LogP contribution in [0.2, 0.25) is 0 Å². The summed E-state index contributed by atoms with van der Waals surface area (Å²) in [4.78, 5) is 24.1. The number of rotatable bonds is 6. The van der Waals surface area contributed by atoms with Crippen molar-refractivity contribution >= 4 is 17.4 Å². The number of likely N-dealkylation sites (N-methyl/N-ethyl adjacent to an activating group) is 1. The molecule has 0 aliphatic heterocycles. The van der Waals surface area contributed by atoms with Crippen LogP contribution in [0.1, 0.15) is 40.8 Å². The third kappa shape index (κ3) is 4.31. The summed E-state index contributed by atoms with van der Waals surface area (Å²) < 4.78 is 2.04. The van der Waals surface area contributed by atoms with E-state index in [1.807, 2.05) is 31.7 Å². The highest BCUT2D eigenvalue weighted by Gasteiger charge is 2.19. The van der Waals surface area contributed by atoms with Gasteiger partial charge in [-0.25, -0.2) is 14.8 Å². The first-order valence-corrected chi connectivity index (χ1v) is 8.67. The number of carbonyl (C=O) groups excluding carboxylic acids is 1. The molecule has 2 amide bonds. The molecule has 7 heteroatoms. The smallest absolute Gasteiger partial charge is 0.317 e. The number of urea groups is 1. The standard InChI is InChI=1S/C16H25N5OS/c1-6-14(15-18-11(2)12(3)23-15)19-16(22)20(5)9-10-21-8-7-17-13(21)4/h7-8,14H,6,9-10H2,1-5H3,(H,19,22). The van der Waals surface area contributed by atoms with Crippen molar-refractivity contribution in [3.8, 4) is 0 Å². The van der Waals surface area contributed by atoms with Crippen LogP contribution in [0.15, 0.2) is 12.4 Å². The molecular formula is C16H25N5OS. The van der Waals surface area contributed by atoms with Gasteiger partial charge in [0.05, 0.1) is 11.7 Å². The van der Waals surface area contributed by atoms with Gasteiger partial charge in [-0.15, -0.1) is 11.3 Å². The molecule has 1 unspecified atom stereocenters. The molecule has 1 N–H and O–H groups in total. The Labute approximate surface area is 141 Å². The molecular weight excluding hydrogens is 310 g/mol. The number of aryl methyl sites for hydroxylation is 3. The molecule has 0 bridgehead atoms. The lowest BCUT2D eigenvalue weighted by Crippen LogP contribution is -2.40. The van der Waals surface area contributed by atoms with Crippen LogP contribution in [0.3, 0.4) is 0 Å². The number of hydrogen-bond donors (Lipinski definition) is 1. The van der Waals surface area contributed by atoms with Gasteiger partial charge >= 0.3 is 6.03 Å². The van der Waals surface area contributed by atoms with Crippen LogP contribution in [-0.2, 0) is 6.54 Å². The van der Waals surface area contributed by atoms with Gasteiger partial charge in [-0.2, -0.15) is 0 Å². The van der Waals surface area contributed by atoms with Crippen LogP contribution < -0.4 is 5.32 Å². The number of aromatic nitrogens is 3. The number of imidazole rings is 1. The maximum absolute atomic E-state index is 12.4. The topological polar surface area (TPSA) is 63.1 Å². The van der Waals surface area contributed by atoms with Crippen molar-refractivity contribution in [3.05, 3.63) is 33.8 Å². The number of amides is 2. The molecule has 2 rings (SSSR count). The zero-order valence-electron chi connectivity index (χ0n) is 14.5. The molecule has 23 heavy (non-hydrogen) atoms. The van der Waals surface area contributed by atoms with E-state index in [4.69, 9.17) is 0 Å². The van der Waals surface area contributed by atoms with Gasteiger partial charge in [0.25, 0.3) is 0 Å². The number of carbonyl (C=O) groups is 1. The summed E-state index contributed by atoms with van der Waals surface area (Å²) in [5.41, 5.74) is 1.04. The fourth-order valence-corrected chi connectivity index (χ4v) is 3.30. The number of hydrogen-bond acceptors (Lipinski definition) is 4. The normalized spacial score (nSPS) is 12.2. The van der Waals surface area contributed by atoms with E-state index in [0.717, 1.165) is 29.5 Å². The highest BCUT2D eigenvalue weighted by atomic mass is 32.1. The van der Waals surface area contributed by atoms with Crippen LogP contribution in [0, 0.1) is 20.8 Å². The average Bonchev–Trinajstić information content (AvgIpc) is 3.08. The Morgan fingerprint density at radius 2 is 2.17 bits per heavy atom. The molecule has 2 aromatic heterocycles. The second-order valence-corrected chi connectivity index (χ2v) is 6.93. The molecule has 0 saturated carbocycles. The monoisotopic (exact) mass is 335 g/mol. The summed E-state index contributed by atoms with van der Waals surface area (Å²) in [6.07, 6.45) is 4.53. The van der Waals surface area contributed by atoms with Crippen LogP contribution in [0.5, 0.6) is 0 Å². The Morgan fingerprint density at radius 1 is 1.43 bits per heavy atom. The first-order valence-electron chi connectivity index (χ1n) is 7.85. The molecule has 6 nitrogen and oxygen atoms in total. The van der Waals surface area contributed by atoms with E-state index in [9.17, 15) is 4.79 Å². The Bertz CT molecular complexity index is 644. The first-order chi connectivity index (χ1) is 10.9. The van der Waals surface area contributed by atoms with E-state index in [0.29, 0.717) is 6.54 Å². The maximum atomic E-state index is 12.4. The van der Waals surface area contributed by atoms with Gasteiger partial charge in [0.1, 0.15) is 10.8 Å². The van der Waals surface area contributed by atoms with Crippen molar-refractivity contribution < 1.29 is 4.79 Å². The molecule has 0 aliphatic carbocycles. The molecule has 0 spiro atoms. The van der Waals surface area contributed by atoms with E-state index in [1.165, 1.54) is 4.88 Å². The largest absolute Gasteiger partial charge is 0.333 e. The average molecular weight is 335 g/mol. The van der Waals surface area contributed by atoms with E-state index in [2.05, 4.69) is 29.1 Å². The second kappa shape index (κ2) is 7.59. The third-order valence-electron chi connectivity index (χ3n) is 4.00. The summed E-state index contributed by atoms with van der Waals surface area (Å²) in [6.45, 7) is 9.46. The number of nitrogens with one attached hydrogen (secondary N) is 1. The van der Waals surface area contributed by atoms with Crippen molar-refractivity contribution in [1.82, 2.24) is 24.8 Å². The van der Waals surface area contributed by atoms with Gasteiger partial charge in [0.15, 0.2) is 0 Å². The minimum Gasteiger partial charge on any atom is -0.333 e. The highest BCUT2D eigenvalue weighted by molar-refractivity contribution is 7.11. The molecule has 0 fully saturated rings. The van der Waals surface area contributed by atoms with Gasteiger partial charge in [-0.1, -0.05) is 6.92 Å². The van der Waals surface area contributed by atoms with Gasteiger partial charge in [-0.05, 0) is 27.2 Å². The van der Waals surface area contributed by atoms with E-state index in [1.54, 1.807) is 22.4 Å².